The second-order valence-corrected chi connectivity index (χ2v) is 7.30. The lowest BCUT2D eigenvalue weighted by Gasteiger charge is -2.32. The summed E-state index contributed by atoms with van der Waals surface area (Å²) in [5.41, 5.74) is 2.55. The van der Waals surface area contributed by atoms with Gasteiger partial charge in [-0.15, -0.1) is 24.0 Å². The fraction of sp³-hybridized carbons (Fsp3) is 0.682. The summed E-state index contributed by atoms with van der Waals surface area (Å²) in [6.45, 7) is 6.80. The van der Waals surface area contributed by atoms with E-state index in [9.17, 15) is 0 Å². The Morgan fingerprint density at radius 2 is 1.93 bits per heavy atom. The summed E-state index contributed by atoms with van der Waals surface area (Å²) in [4.78, 5) is 4.35. The van der Waals surface area contributed by atoms with Crippen LogP contribution in [0, 0.1) is 12.8 Å². The number of methoxy groups -OCH3 is 1. The molecule has 0 aromatic heterocycles. The van der Waals surface area contributed by atoms with Crippen LogP contribution in [0.3, 0.4) is 0 Å². The number of halogens is 1. The average molecular weight is 519 g/mol. The number of ether oxygens (including phenoxy) is 3. The summed E-state index contributed by atoms with van der Waals surface area (Å²) < 4.78 is 16.6. The lowest BCUT2D eigenvalue weighted by Crippen LogP contribution is -2.42. The largest absolute Gasteiger partial charge is 0.382 e. The molecule has 0 bridgehead atoms. The number of unbranched alkanes of at least 4 members (excludes halogenated alkanes) is 1. The van der Waals surface area contributed by atoms with Crippen molar-refractivity contribution in [2.45, 2.75) is 38.7 Å². The zero-order valence-corrected chi connectivity index (χ0v) is 20.4. The third kappa shape index (κ3) is 10.1. The summed E-state index contributed by atoms with van der Waals surface area (Å²) in [5, 5.41) is 6.87. The van der Waals surface area contributed by atoms with E-state index in [1.807, 2.05) is 7.05 Å². The molecule has 6 nitrogen and oxygen atoms in total. The predicted molar refractivity (Wildman–Crippen MR) is 129 cm³/mol. The Morgan fingerprint density at radius 1 is 1.14 bits per heavy atom. The molecule has 29 heavy (non-hydrogen) atoms. The fourth-order valence-corrected chi connectivity index (χ4v) is 3.41. The fourth-order valence-electron chi connectivity index (χ4n) is 3.41. The van der Waals surface area contributed by atoms with E-state index in [-0.39, 0.29) is 30.1 Å². The number of hydrogen-bond donors (Lipinski definition) is 2. The number of benzene rings is 1. The quantitative estimate of drug-likeness (QED) is 0.202. The molecule has 2 atom stereocenters. The molecule has 0 spiro atoms. The van der Waals surface area contributed by atoms with E-state index in [1.54, 1.807) is 7.11 Å². The third-order valence-electron chi connectivity index (χ3n) is 5.05. The zero-order chi connectivity index (χ0) is 20.0. The van der Waals surface area contributed by atoms with Gasteiger partial charge in [0.2, 0.25) is 0 Å². The second-order valence-electron chi connectivity index (χ2n) is 7.30. The van der Waals surface area contributed by atoms with Gasteiger partial charge in [0.15, 0.2) is 5.96 Å². The molecule has 1 fully saturated rings. The van der Waals surface area contributed by atoms with Crippen LogP contribution in [0.25, 0.3) is 0 Å². The summed E-state index contributed by atoms with van der Waals surface area (Å²) in [5.74, 6) is 1.30. The maximum absolute atomic E-state index is 6.11. The molecule has 0 amide bonds. The van der Waals surface area contributed by atoms with Crippen molar-refractivity contribution in [3.05, 3.63) is 35.4 Å². The maximum Gasteiger partial charge on any atom is 0.190 e. The summed E-state index contributed by atoms with van der Waals surface area (Å²) in [6, 6.07) is 8.72. The van der Waals surface area contributed by atoms with E-state index in [2.05, 4.69) is 46.8 Å². The molecule has 1 aromatic carbocycles. The van der Waals surface area contributed by atoms with Gasteiger partial charge in [-0.25, -0.2) is 0 Å². The van der Waals surface area contributed by atoms with E-state index in [1.165, 1.54) is 17.5 Å². The molecular formula is C22H38IN3O3. The van der Waals surface area contributed by atoms with Crippen molar-refractivity contribution in [3.63, 3.8) is 0 Å². The Morgan fingerprint density at radius 3 is 2.66 bits per heavy atom. The van der Waals surface area contributed by atoms with Crippen LogP contribution in [-0.2, 0) is 14.2 Å². The van der Waals surface area contributed by atoms with E-state index in [4.69, 9.17) is 14.2 Å². The van der Waals surface area contributed by atoms with Gasteiger partial charge in [0, 0.05) is 46.4 Å². The molecule has 1 aliphatic rings. The lowest BCUT2D eigenvalue weighted by atomic mass is 9.89. The van der Waals surface area contributed by atoms with Crippen LogP contribution in [-0.4, -0.2) is 59.6 Å². The Labute approximate surface area is 193 Å². The molecule has 0 aliphatic carbocycles. The lowest BCUT2D eigenvalue weighted by molar-refractivity contribution is -0.0265. The Balaban J connectivity index is 0.00000420. The van der Waals surface area contributed by atoms with Gasteiger partial charge in [-0.05, 0) is 38.2 Å². The van der Waals surface area contributed by atoms with E-state index < -0.39 is 0 Å². The molecular weight excluding hydrogens is 481 g/mol. The maximum atomic E-state index is 6.11. The first kappa shape index (κ1) is 26.1. The Kier molecular flexibility index (Phi) is 14.3. The van der Waals surface area contributed by atoms with E-state index >= 15 is 0 Å². The molecule has 166 valence electrons. The van der Waals surface area contributed by atoms with E-state index in [0.29, 0.717) is 19.1 Å². The number of aliphatic imine (C=N–C) groups is 1. The number of guanidine groups is 1. The number of aryl methyl sites for hydroxylation is 1. The first-order valence-electron chi connectivity index (χ1n) is 10.4. The van der Waals surface area contributed by atoms with Crippen LogP contribution >= 0.6 is 24.0 Å². The van der Waals surface area contributed by atoms with Crippen LogP contribution in [0.4, 0.5) is 0 Å². The van der Waals surface area contributed by atoms with Crippen LogP contribution < -0.4 is 10.6 Å². The van der Waals surface area contributed by atoms with Crippen molar-refractivity contribution in [2.75, 3.05) is 53.7 Å². The summed E-state index contributed by atoms with van der Waals surface area (Å²) >= 11 is 0. The number of nitrogens with zero attached hydrogens (tertiary/aromatic N) is 1. The molecule has 0 radical (unpaired) electrons. The number of nitrogens with one attached hydrogen (secondary N) is 2. The van der Waals surface area contributed by atoms with E-state index in [0.717, 1.165) is 51.5 Å². The van der Waals surface area contributed by atoms with Crippen molar-refractivity contribution >= 4 is 29.9 Å². The third-order valence-corrected chi connectivity index (χ3v) is 5.05. The molecule has 1 aliphatic heterocycles. The van der Waals surface area contributed by atoms with Gasteiger partial charge in [-0.3, -0.25) is 4.99 Å². The molecule has 2 rings (SSSR count). The van der Waals surface area contributed by atoms with Gasteiger partial charge in [0.05, 0.1) is 19.3 Å². The minimum atomic E-state index is 0. The Bertz CT molecular complexity index is 569. The van der Waals surface area contributed by atoms with Crippen LogP contribution in [0.5, 0.6) is 0 Å². The molecule has 2 unspecified atom stereocenters. The van der Waals surface area contributed by atoms with Crippen molar-refractivity contribution in [2.24, 2.45) is 10.9 Å². The summed E-state index contributed by atoms with van der Waals surface area (Å²) in [6.07, 6.45) is 4.51. The predicted octanol–water partition coefficient (Wildman–Crippen LogP) is 3.69. The van der Waals surface area contributed by atoms with Gasteiger partial charge in [-0.1, -0.05) is 29.8 Å². The summed E-state index contributed by atoms with van der Waals surface area (Å²) in [7, 11) is 3.51. The first-order chi connectivity index (χ1) is 13.7. The van der Waals surface area contributed by atoms with Gasteiger partial charge >= 0.3 is 0 Å². The van der Waals surface area contributed by atoms with Gasteiger partial charge in [0.1, 0.15) is 0 Å². The monoisotopic (exact) mass is 519 g/mol. The number of rotatable bonds is 11. The smallest absolute Gasteiger partial charge is 0.190 e. The van der Waals surface area contributed by atoms with Crippen LogP contribution in [0.15, 0.2) is 29.3 Å². The van der Waals surface area contributed by atoms with Gasteiger partial charge in [0.25, 0.3) is 0 Å². The molecule has 1 aromatic rings. The molecule has 2 N–H and O–H groups in total. The molecule has 1 heterocycles. The standard InChI is InChI=1S/C22H37N3O3.HI/c1-18-8-10-19(11-9-18)21-20(7-6-14-28-21)17-25-22(23-2)24-12-4-5-13-27-16-15-26-3;/h8-11,20-21H,4-7,12-17H2,1-3H3,(H2,23,24,25);1H. The molecule has 1 saturated heterocycles. The highest BCUT2D eigenvalue weighted by Crippen LogP contribution is 2.33. The minimum Gasteiger partial charge on any atom is -0.382 e. The van der Waals surface area contributed by atoms with Crippen molar-refractivity contribution in [1.82, 2.24) is 10.6 Å². The average Bonchev–Trinajstić information content (AvgIpc) is 2.73. The van der Waals surface area contributed by atoms with Crippen LogP contribution in [0.2, 0.25) is 0 Å². The topological polar surface area (TPSA) is 64.1 Å². The highest BCUT2D eigenvalue weighted by Gasteiger charge is 2.27. The van der Waals surface area contributed by atoms with Crippen molar-refractivity contribution < 1.29 is 14.2 Å². The van der Waals surface area contributed by atoms with Crippen LogP contribution in [0.1, 0.15) is 42.9 Å². The van der Waals surface area contributed by atoms with Crippen molar-refractivity contribution in [3.8, 4) is 0 Å². The first-order valence-corrected chi connectivity index (χ1v) is 10.4. The zero-order valence-electron chi connectivity index (χ0n) is 18.1. The van der Waals surface area contributed by atoms with Crippen molar-refractivity contribution in [1.29, 1.82) is 0 Å². The highest BCUT2D eigenvalue weighted by molar-refractivity contribution is 14.0. The van der Waals surface area contributed by atoms with Gasteiger partial charge < -0.3 is 24.8 Å². The highest BCUT2D eigenvalue weighted by atomic mass is 127. The molecule has 7 heteroatoms. The second kappa shape index (κ2) is 15.9. The number of hydrogen-bond acceptors (Lipinski definition) is 4. The SMILES string of the molecule is CN=C(NCCCCOCCOC)NCC1CCCOC1c1ccc(C)cc1.I. The normalized spacial score (nSPS) is 19.5. The minimum absolute atomic E-state index is 0. The van der Waals surface area contributed by atoms with Gasteiger partial charge in [-0.2, -0.15) is 0 Å². The Hall–Kier alpha value is -0.900. The molecule has 0 saturated carbocycles.